The molecule has 0 aliphatic rings. The molecule has 0 fully saturated rings. The number of halogens is 2. The van der Waals surface area contributed by atoms with E-state index in [1.807, 2.05) is 0 Å². The van der Waals surface area contributed by atoms with Gasteiger partial charge in [-0.05, 0) is 23.8 Å². The fraction of sp³-hybridized carbons (Fsp3) is 0.0556. The first-order valence-electron chi connectivity index (χ1n) is 8.17. The van der Waals surface area contributed by atoms with Gasteiger partial charge in [-0.15, -0.1) is 11.3 Å². The van der Waals surface area contributed by atoms with Crippen molar-refractivity contribution in [3.05, 3.63) is 67.5 Å². The molecule has 30 heavy (non-hydrogen) atoms. The Bertz CT molecular complexity index is 1170. The maximum atomic E-state index is 11.5. The van der Waals surface area contributed by atoms with Crippen LogP contribution in [0.3, 0.4) is 0 Å². The molecule has 0 atom stereocenters. The molecule has 0 unspecified atom stereocenters. The van der Waals surface area contributed by atoms with Crippen LogP contribution in [-0.2, 0) is 11.2 Å². The van der Waals surface area contributed by atoms with Crippen LogP contribution in [0, 0.1) is 10.1 Å². The van der Waals surface area contributed by atoms with Gasteiger partial charge in [-0.1, -0.05) is 35.3 Å². The third-order valence-corrected chi connectivity index (χ3v) is 5.35. The van der Waals surface area contributed by atoms with Gasteiger partial charge in [0.2, 0.25) is 5.13 Å². The monoisotopic (exact) mass is 466 g/mol. The first kappa shape index (κ1) is 21.5. The van der Waals surface area contributed by atoms with Crippen molar-refractivity contribution < 1.29 is 19.9 Å². The maximum absolute atomic E-state index is 11.5. The number of aliphatic carboxylic acids is 1. The molecule has 0 saturated heterocycles. The van der Waals surface area contributed by atoms with Gasteiger partial charge in [-0.3, -0.25) is 15.5 Å². The molecular formula is C18H12Cl2N4O5S. The minimum atomic E-state index is -1.31. The first-order valence-corrected chi connectivity index (χ1v) is 9.81. The molecule has 0 amide bonds. The average molecular weight is 467 g/mol. The zero-order valence-electron chi connectivity index (χ0n) is 14.9. The molecular weight excluding hydrogens is 455 g/mol. The lowest BCUT2D eigenvalue weighted by molar-refractivity contribution is -0.385. The molecule has 1 aromatic heterocycles. The van der Waals surface area contributed by atoms with E-state index in [0.29, 0.717) is 26.4 Å². The summed E-state index contributed by atoms with van der Waals surface area (Å²) in [5.74, 6) is -1.81. The number of nitro groups is 1. The second kappa shape index (κ2) is 9.08. The van der Waals surface area contributed by atoms with Gasteiger partial charge in [0.05, 0.1) is 20.7 Å². The van der Waals surface area contributed by atoms with Crippen molar-refractivity contribution in [1.29, 1.82) is 0 Å². The Hall–Kier alpha value is -3.21. The molecule has 9 nitrogen and oxygen atoms in total. The zero-order chi connectivity index (χ0) is 21.8. The molecule has 3 N–H and O–H groups in total. The minimum absolute atomic E-state index is 0.200. The number of carbonyl (C=O) groups is 1. The van der Waals surface area contributed by atoms with Gasteiger partial charge >= 0.3 is 11.7 Å². The standard InChI is InChI=1S/C18H12Cl2N4O5S/c19-11-3-2-10(7-12(11)20)14-8-30-18(21-14)23-22-13(17(26)27)5-9-1-4-16(25)15(6-9)24(28)29/h1-4,6-8,25H,5H2,(H,21,23)(H,26,27)/b22-13+. The Morgan fingerprint density at radius 1 is 1.23 bits per heavy atom. The maximum Gasteiger partial charge on any atom is 0.352 e. The number of benzene rings is 2. The van der Waals surface area contributed by atoms with Gasteiger partial charge in [0, 0.05) is 23.4 Å². The zero-order valence-corrected chi connectivity index (χ0v) is 17.2. The largest absolute Gasteiger partial charge is 0.502 e. The number of thiazole rings is 1. The van der Waals surface area contributed by atoms with E-state index in [1.165, 1.54) is 17.4 Å². The summed E-state index contributed by atoms with van der Waals surface area (Å²) >= 11 is 13.1. The van der Waals surface area contributed by atoms with Crippen LogP contribution in [0.1, 0.15) is 5.56 Å². The second-order valence-electron chi connectivity index (χ2n) is 5.90. The summed E-state index contributed by atoms with van der Waals surface area (Å²) in [7, 11) is 0. The number of phenolic OH excluding ortho intramolecular Hbond substituents is 1. The summed E-state index contributed by atoms with van der Waals surface area (Å²) in [5.41, 5.74) is 3.41. The number of rotatable bonds is 7. The predicted molar refractivity (Wildman–Crippen MR) is 115 cm³/mol. The average Bonchev–Trinajstić information content (AvgIpc) is 3.17. The fourth-order valence-corrected chi connectivity index (χ4v) is 3.37. The highest BCUT2D eigenvalue weighted by Crippen LogP contribution is 2.30. The van der Waals surface area contributed by atoms with Gasteiger partial charge in [0.25, 0.3) is 0 Å². The predicted octanol–water partition coefficient (Wildman–Crippen LogP) is 4.83. The van der Waals surface area contributed by atoms with Crippen molar-refractivity contribution in [1.82, 2.24) is 4.98 Å². The quantitative estimate of drug-likeness (QED) is 0.257. The highest BCUT2D eigenvalue weighted by atomic mass is 35.5. The number of aromatic nitrogens is 1. The van der Waals surface area contributed by atoms with Crippen molar-refractivity contribution in [2.24, 2.45) is 5.10 Å². The van der Waals surface area contributed by atoms with Crippen molar-refractivity contribution >= 4 is 57.0 Å². The molecule has 0 radical (unpaired) electrons. The number of aromatic hydroxyl groups is 1. The van der Waals surface area contributed by atoms with Crippen molar-refractivity contribution in [2.45, 2.75) is 6.42 Å². The van der Waals surface area contributed by atoms with Crippen LogP contribution in [-0.4, -0.2) is 31.8 Å². The molecule has 0 bridgehead atoms. The number of nitrogens with zero attached hydrogens (tertiary/aromatic N) is 3. The van der Waals surface area contributed by atoms with Crippen LogP contribution in [0.15, 0.2) is 46.9 Å². The summed E-state index contributed by atoms with van der Waals surface area (Å²) < 4.78 is 0. The van der Waals surface area contributed by atoms with E-state index in [9.17, 15) is 25.1 Å². The molecule has 0 aliphatic carbocycles. The molecule has 3 aromatic rings. The lowest BCUT2D eigenvalue weighted by Crippen LogP contribution is -2.17. The molecule has 3 rings (SSSR count). The summed E-state index contributed by atoms with van der Waals surface area (Å²) in [6, 6.07) is 8.66. The van der Waals surface area contributed by atoms with Crippen molar-refractivity contribution in [3.63, 3.8) is 0 Å². The number of anilines is 1. The van der Waals surface area contributed by atoms with Crippen molar-refractivity contribution in [3.8, 4) is 17.0 Å². The van der Waals surface area contributed by atoms with Gasteiger partial charge in [0.15, 0.2) is 5.75 Å². The van der Waals surface area contributed by atoms with Gasteiger partial charge in [-0.25, -0.2) is 9.78 Å². The number of nitrogens with one attached hydrogen (secondary N) is 1. The Balaban J connectivity index is 1.78. The topological polar surface area (TPSA) is 138 Å². The first-order chi connectivity index (χ1) is 14.2. The SMILES string of the molecule is O=C(O)/C(Cc1ccc(O)c([N+](=O)[O-])c1)=N/Nc1nc(-c2ccc(Cl)c(Cl)c2)cs1. The normalized spacial score (nSPS) is 11.3. The molecule has 0 spiro atoms. The third-order valence-electron chi connectivity index (χ3n) is 3.86. The highest BCUT2D eigenvalue weighted by Gasteiger charge is 2.17. The number of carboxylic acid groups (broad SMARTS) is 1. The summed E-state index contributed by atoms with van der Waals surface area (Å²) in [5, 5.41) is 36.6. The Morgan fingerprint density at radius 3 is 2.67 bits per heavy atom. The molecule has 12 heteroatoms. The second-order valence-corrected chi connectivity index (χ2v) is 7.57. The molecule has 0 aliphatic heterocycles. The smallest absolute Gasteiger partial charge is 0.352 e. The summed E-state index contributed by atoms with van der Waals surface area (Å²) in [6.45, 7) is 0. The Morgan fingerprint density at radius 2 is 2.00 bits per heavy atom. The highest BCUT2D eigenvalue weighted by molar-refractivity contribution is 7.14. The van der Waals surface area contributed by atoms with Crippen LogP contribution in [0.2, 0.25) is 10.0 Å². The number of carboxylic acids is 1. The lowest BCUT2D eigenvalue weighted by Gasteiger charge is -2.04. The summed E-state index contributed by atoms with van der Waals surface area (Å²) in [4.78, 5) is 26.0. The van der Waals surface area contributed by atoms with Crippen LogP contribution in [0.5, 0.6) is 5.75 Å². The molecule has 0 saturated carbocycles. The lowest BCUT2D eigenvalue weighted by atomic mass is 10.1. The fourth-order valence-electron chi connectivity index (χ4n) is 2.41. The van der Waals surface area contributed by atoms with Crippen LogP contribution in [0.25, 0.3) is 11.3 Å². The molecule has 2 aromatic carbocycles. The van der Waals surface area contributed by atoms with E-state index in [0.717, 1.165) is 17.7 Å². The number of phenols is 1. The van der Waals surface area contributed by atoms with Crippen LogP contribution < -0.4 is 5.43 Å². The summed E-state index contributed by atoms with van der Waals surface area (Å²) in [6.07, 6.45) is -0.200. The Kier molecular flexibility index (Phi) is 6.50. The number of hydrogen-bond acceptors (Lipinski definition) is 8. The van der Waals surface area contributed by atoms with Crippen molar-refractivity contribution in [2.75, 3.05) is 5.43 Å². The Labute approximate surface area is 183 Å². The number of hydrogen-bond donors (Lipinski definition) is 3. The van der Waals surface area contributed by atoms with E-state index < -0.39 is 22.3 Å². The van der Waals surface area contributed by atoms with Crippen LogP contribution in [0.4, 0.5) is 10.8 Å². The van der Waals surface area contributed by atoms with Gasteiger partial charge in [-0.2, -0.15) is 5.10 Å². The van der Waals surface area contributed by atoms with E-state index >= 15 is 0 Å². The molecule has 154 valence electrons. The van der Waals surface area contributed by atoms with Gasteiger partial charge < -0.3 is 10.2 Å². The third kappa shape index (κ3) is 5.03. The van der Waals surface area contributed by atoms with E-state index in [4.69, 9.17) is 23.2 Å². The van der Waals surface area contributed by atoms with Gasteiger partial charge in [0.1, 0.15) is 5.71 Å². The number of hydrazone groups is 1. The van der Waals surface area contributed by atoms with E-state index in [1.54, 1.807) is 23.6 Å². The molecule has 1 heterocycles. The number of nitro benzene ring substituents is 1. The van der Waals surface area contributed by atoms with E-state index in [-0.39, 0.29) is 12.1 Å². The van der Waals surface area contributed by atoms with Crippen LogP contribution >= 0.6 is 34.5 Å². The minimum Gasteiger partial charge on any atom is -0.502 e. The van der Waals surface area contributed by atoms with E-state index in [2.05, 4.69) is 15.5 Å².